The van der Waals surface area contributed by atoms with Crippen molar-refractivity contribution in [3.8, 4) is 0 Å². The van der Waals surface area contributed by atoms with Gasteiger partial charge in [-0.2, -0.15) is 0 Å². The molecule has 0 atom stereocenters. The first-order valence-electron chi connectivity index (χ1n) is 9.36. The van der Waals surface area contributed by atoms with E-state index in [0.717, 1.165) is 42.4 Å². The normalized spacial score (nSPS) is 14.1. The second-order valence-corrected chi connectivity index (χ2v) is 8.04. The van der Waals surface area contributed by atoms with Gasteiger partial charge in [-0.3, -0.25) is 9.59 Å². The first-order valence-corrected chi connectivity index (χ1v) is 10.7. The molecule has 2 amide bonds. The number of nitrogens with zero attached hydrogens (tertiary/aromatic N) is 2. The van der Waals surface area contributed by atoms with Crippen molar-refractivity contribution in [3.63, 3.8) is 0 Å². The molecule has 0 aromatic heterocycles. The molecule has 148 valence electrons. The van der Waals surface area contributed by atoms with Gasteiger partial charge in [0.15, 0.2) is 0 Å². The molecular formula is C21H24ClN3O2S. The second kappa shape index (κ2) is 9.85. The lowest BCUT2D eigenvalue weighted by atomic mass is 10.2. The lowest BCUT2D eigenvalue weighted by molar-refractivity contribution is -0.131. The molecule has 1 saturated heterocycles. The van der Waals surface area contributed by atoms with Gasteiger partial charge in [0.05, 0.1) is 5.75 Å². The van der Waals surface area contributed by atoms with Crippen LogP contribution in [0.4, 0.5) is 11.4 Å². The zero-order valence-electron chi connectivity index (χ0n) is 15.9. The molecule has 1 aliphatic heterocycles. The van der Waals surface area contributed by atoms with E-state index < -0.39 is 0 Å². The zero-order chi connectivity index (χ0) is 19.9. The van der Waals surface area contributed by atoms with Crippen molar-refractivity contribution in [2.75, 3.05) is 42.1 Å². The summed E-state index contributed by atoms with van der Waals surface area (Å²) >= 11 is 7.34. The molecule has 0 bridgehead atoms. The average Bonchev–Trinajstić information content (AvgIpc) is 2.73. The van der Waals surface area contributed by atoms with Gasteiger partial charge in [-0.25, -0.2) is 0 Å². The molecule has 1 heterocycles. The predicted molar refractivity (Wildman–Crippen MR) is 116 cm³/mol. The minimum absolute atomic E-state index is 0.0422. The van der Waals surface area contributed by atoms with E-state index in [4.69, 9.17) is 11.6 Å². The molecule has 28 heavy (non-hydrogen) atoms. The van der Waals surface area contributed by atoms with Crippen LogP contribution in [0.1, 0.15) is 13.3 Å². The summed E-state index contributed by atoms with van der Waals surface area (Å²) in [7, 11) is 0. The number of anilines is 2. The molecule has 2 aromatic carbocycles. The summed E-state index contributed by atoms with van der Waals surface area (Å²) in [6, 6.07) is 15.3. The molecule has 7 heteroatoms. The lowest BCUT2D eigenvalue weighted by Crippen LogP contribution is -2.48. The maximum atomic E-state index is 12.2. The van der Waals surface area contributed by atoms with Crippen LogP contribution < -0.4 is 10.2 Å². The Balaban J connectivity index is 1.47. The van der Waals surface area contributed by atoms with E-state index in [2.05, 4.69) is 10.2 Å². The first kappa shape index (κ1) is 20.6. The molecule has 3 rings (SSSR count). The van der Waals surface area contributed by atoms with Gasteiger partial charge in [0.25, 0.3) is 0 Å². The molecule has 1 aliphatic rings. The molecule has 0 unspecified atom stereocenters. The van der Waals surface area contributed by atoms with E-state index in [1.807, 2.05) is 60.4 Å². The summed E-state index contributed by atoms with van der Waals surface area (Å²) in [5, 5.41) is 3.61. The minimum atomic E-state index is -0.0422. The minimum Gasteiger partial charge on any atom is -0.368 e. The van der Waals surface area contributed by atoms with Crippen molar-refractivity contribution in [1.82, 2.24) is 4.90 Å². The lowest BCUT2D eigenvalue weighted by Gasteiger charge is -2.36. The zero-order valence-corrected chi connectivity index (χ0v) is 17.4. The number of hydrogen-bond acceptors (Lipinski definition) is 4. The van der Waals surface area contributed by atoms with Crippen LogP contribution in [-0.4, -0.2) is 48.6 Å². The Kier molecular flexibility index (Phi) is 7.23. The maximum Gasteiger partial charge on any atom is 0.234 e. The molecule has 2 aromatic rings. The van der Waals surface area contributed by atoms with Gasteiger partial charge in [0, 0.05) is 53.9 Å². The van der Waals surface area contributed by atoms with Gasteiger partial charge in [-0.05, 0) is 48.5 Å². The summed E-state index contributed by atoms with van der Waals surface area (Å²) in [5.41, 5.74) is 1.89. The Hall–Kier alpha value is -2.18. The number of hydrogen-bond donors (Lipinski definition) is 1. The second-order valence-electron chi connectivity index (χ2n) is 6.56. The van der Waals surface area contributed by atoms with Crippen LogP contribution in [0.3, 0.4) is 0 Å². The third-order valence-corrected chi connectivity index (χ3v) is 5.90. The van der Waals surface area contributed by atoms with E-state index in [0.29, 0.717) is 17.2 Å². The predicted octanol–water partition coefficient (Wildman–Crippen LogP) is 4.13. The monoisotopic (exact) mass is 417 g/mol. The SMILES string of the molecule is CCC(=O)N1CCN(c2ccc(NC(=O)CSc3ccc(Cl)cc3)cc2)CC1. The highest BCUT2D eigenvalue weighted by Crippen LogP contribution is 2.22. The molecule has 1 N–H and O–H groups in total. The fourth-order valence-corrected chi connectivity index (χ4v) is 3.89. The summed E-state index contributed by atoms with van der Waals surface area (Å²) < 4.78 is 0. The van der Waals surface area contributed by atoms with E-state index in [1.54, 1.807) is 0 Å². The van der Waals surface area contributed by atoms with Crippen molar-refractivity contribution in [3.05, 3.63) is 53.6 Å². The highest BCUT2D eigenvalue weighted by atomic mass is 35.5. The first-order chi connectivity index (χ1) is 13.5. The van der Waals surface area contributed by atoms with E-state index in [1.165, 1.54) is 11.8 Å². The summed E-state index contributed by atoms with van der Waals surface area (Å²) in [6.45, 7) is 5.07. The molecular weight excluding hydrogens is 394 g/mol. The number of carbonyl (C=O) groups is 2. The van der Waals surface area contributed by atoms with Crippen molar-refractivity contribution in [2.24, 2.45) is 0 Å². The molecule has 0 saturated carbocycles. The van der Waals surface area contributed by atoms with Crippen LogP contribution >= 0.6 is 23.4 Å². The van der Waals surface area contributed by atoms with E-state index in [-0.39, 0.29) is 11.8 Å². The molecule has 1 fully saturated rings. The van der Waals surface area contributed by atoms with E-state index >= 15 is 0 Å². The smallest absolute Gasteiger partial charge is 0.234 e. The average molecular weight is 418 g/mol. The van der Waals surface area contributed by atoms with Gasteiger partial charge < -0.3 is 15.1 Å². The Bertz CT molecular complexity index is 803. The van der Waals surface area contributed by atoms with Gasteiger partial charge in [0.2, 0.25) is 11.8 Å². The Morgan fingerprint density at radius 3 is 2.25 bits per heavy atom. The van der Waals surface area contributed by atoms with Crippen LogP contribution in [0, 0.1) is 0 Å². The van der Waals surface area contributed by atoms with Gasteiger partial charge in [0.1, 0.15) is 0 Å². The number of benzene rings is 2. The maximum absolute atomic E-state index is 12.2. The fraction of sp³-hybridized carbons (Fsp3) is 0.333. The van der Waals surface area contributed by atoms with Gasteiger partial charge >= 0.3 is 0 Å². The number of piperazine rings is 1. The number of thioether (sulfide) groups is 1. The van der Waals surface area contributed by atoms with Crippen molar-refractivity contribution in [2.45, 2.75) is 18.2 Å². The van der Waals surface area contributed by atoms with Crippen molar-refractivity contribution in [1.29, 1.82) is 0 Å². The summed E-state index contributed by atoms with van der Waals surface area (Å²) in [5.74, 6) is 0.519. The van der Waals surface area contributed by atoms with Gasteiger partial charge in [-0.15, -0.1) is 11.8 Å². The fourth-order valence-electron chi connectivity index (χ4n) is 3.07. The Morgan fingerprint density at radius 2 is 1.64 bits per heavy atom. The van der Waals surface area contributed by atoms with Gasteiger partial charge in [-0.1, -0.05) is 18.5 Å². The van der Waals surface area contributed by atoms with E-state index in [9.17, 15) is 9.59 Å². The topological polar surface area (TPSA) is 52.7 Å². The quantitative estimate of drug-likeness (QED) is 0.718. The third-order valence-electron chi connectivity index (χ3n) is 4.63. The molecule has 0 spiro atoms. The number of amides is 2. The van der Waals surface area contributed by atoms with Crippen LogP contribution in [0.2, 0.25) is 5.02 Å². The summed E-state index contributed by atoms with van der Waals surface area (Å²) in [6.07, 6.45) is 0.560. The number of nitrogens with one attached hydrogen (secondary N) is 1. The Morgan fingerprint density at radius 1 is 1.00 bits per heavy atom. The summed E-state index contributed by atoms with van der Waals surface area (Å²) in [4.78, 5) is 29.1. The van der Waals surface area contributed by atoms with Crippen molar-refractivity contribution >= 4 is 46.6 Å². The van der Waals surface area contributed by atoms with Crippen LogP contribution in [0.5, 0.6) is 0 Å². The standard InChI is InChI=1S/C21H24ClN3O2S/c1-2-21(27)25-13-11-24(12-14-25)18-7-5-17(6-8-18)23-20(26)15-28-19-9-3-16(22)4-10-19/h3-10H,2,11-15H2,1H3,(H,23,26). The highest BCUT2D eigenvalue weighted by molar-refractivity contribution is 8.00. The van der Waals surface area contributed by atoms with Crippen LogP contribution in [-0.2, 0) is 9.59 Å². The third kappa shape index (κ3) is 5.66. The van der Waals surface area contributed by atoms with Crippen LogP contribution in [0.25, 0.3) is 0 Å². The molecule has 0 aliphatic carbocycles. The molecule has 5 nitrogen and oxygen atoms in total. The number of carbonyl (C=O) groups excluding carboxylic acids is 2. The van der Waals surface area contributed by atoms with Crippen LogP contribution in [0.15, 0.2) is 53.4 Å². The van der Waals surface area contributed by atoms with Crippen molar-refractivity contribution < 1.29 is 9.59 Å². The number of halogens is 1. The largest absolute Gasteiger partial charge is 0.368 e. The molecule has 0 radical (unpaired) electrons. The Labute approximate surface area is 175 Å². The number of rotatable bonds is 6. The highest BCUT2D eigenvalue weighted by Gasteiger charge is 2.20.